The maximum absolute atomic E-state index is 5.63. The van der Waals surface area contributed by atoms with Gasteiger partial charge in [-0.05, 0) is 43.5 Å². The summed E-state index contributed by atoms with van der Waals surface area (Å²) in [5, 5.41) is 10.8. The van der Waals surface area contributed by atoms with Crippen LogP contribution in [0.3, 0.4) is 0 Å². The third kappa shape index (κ3) is 8.06. The van der Waals surface area contributed by atoms with Crippen molar-refractivity contribution in [3.63, 3.8) is 0 Å². The summed E-state index contributed by atoms with van der Waals surface area (Å²) in [6.45, 7) is 5.03. The number of hydrogen-bond acceptors (Lipinski definition) is 4. The second-order valence-electron chi connectivity index (χ2n) is 5.72. The lowest BCUT2D eigenvalue weighted by Gasteiger charge is -2.13. The van der Waals surface area contributed by atoms with Crippen molar-refractivity contribution < 1.29 is 9.47 Å². The van der Waals surface area contributed by atoms with Gasteiger partial charge in [0.2, 0.25) is 0 Å². The highest BCUT2D eigenvalue weighted by atomic mass is 127. The number of nitrogens with one attached hydrogen (secondary N) is 2. The van der Waals surface area contributed by atoms with Gasteiger partial charge < -0.3 is 20.1 Å². The van der Waals surface area contributed by atoms with E-state index in [2.05, 4.69) is 32.9 Å². The molecule has 8 heteroatoms. The van der Waals surface area contributed by atoms with Crippen molar-refractivity contribution in [3.05, 3.63) is 42.2 Å². The molecule has 0 spiro atoms. The molecule has 0 aliphatic carbocycles. The Balaban J connectivity index is 0.00000364. The minimum atomic E-state index is 0. The zero-order valence-corrected chi connectivity index (χ0v) is 18.6. The van der Waals surface area contributed by atoms with E-state index in [1.807, 2.05) is 29.9 Å². The largest absolute Gasteiger partial charge is 0.493 e. The van der Waals surface area contributed by atoms with Crippen LogP contribution >= 0.6 is 24.0 Å². The number of aryl methyl sites for hydroxylation is 1. The lowest BCUT2D eigenvalue weighted by Crippen LogP contribution is -2.39. The molecule has 0 fully saturated rings. The van der Waals surface area contributed by atoms with Gasteiger partial charge in [0.05, 0.1) is 20.3 Å². The number of halogens is 1. The molecule has 0 amide bonds. The third-order valence-electron chi connectivity index (χ3n) is 3.88. The van der Waals surface area contributed by atoms with Crippen LogP contribution in [0.15, 0.2) is 41.7 Å². The monoisotopic (exact) mass is 487 g/mol. The lowest BCUT2D eigenvalue weighted by molar-refractivity contribution is 0.310. The van der Waals surface area contributed by atoms with Crippen molar-refractivity contribution in [2.75, 3.05) is 33.9 Å². The highest BCUT2D eigenvalue weighted by Crippen LogP contribution is 2.28. The van der Waals surface area contributed by atoms with Crippen LogP contribution in [-0.2, 0) is 13.0 Å². The molecule has 1 aromatic carbocycles. The van der Waals surface area contributed by atoms with Crippen LogP contribution in [-0.4, -0.2) is 49.6 Å². The molecule has 0 bridgehead atoms. The maximum atomic E-state index is 5.63. The summed E-state index contributed by atoms with van der Waals surface area (Å²) in [5.41, 5.74) is 1.23. The van der Waals surface area contributed by atoms with E-state index in [1.165, 1.54) is 5.56 Å². The van der Waals surface area contributed by atoms with Gasteiger partial charge in [0.1, 0.15) is 0 Å². The van der Waals surface area contributed by atoms with E-state index in [0.717, 1.165) is 49.9 Å². The van der Waals surface area contributed by atoms with E-state index < -0.39 is 0 Å². The average molecular weight is 487 g/mol. The molecule has 0 atom stereocenters. The summed E-state index contributed by atoms with van der Waals surface area (Å²) in [6, 6.07) is 8.02. The van der Waals surface area contributed by atoms with Gasteiger partial charge in [-0.25, -0.2) is 0 Å². The molecule has 7 nitrogen and oxygen atoms in total. The smallest absolute Gasteiger partial charge is 0.191 e. The van der Waals surface area contributed by atoms with Gasteiger partial charge in [0, 0.05) is 32.5 Å². The number of rotatable bonds is 10. The first-order valence-electron chi connectivity index (χ1n) is 8.98. The van der Waals surface area contributed by atoms with Crippen LogP contribution in [0.2, 0.25) is 0 Å². The number of hydrogen-bond donors (Lipinski definition) is 2. The standard InChI is InChI=1S/C19H29N5O2.HI/c1-4-26-18-15-16(8-9-17(18)25-3)7-5-10-21-19(20-2)22-12-14-24-13-6-11-23-24;/h6,8-9,11,13,15H,4-5,7,10,12,14H2,1-3H3,(H2,20,21,22);1H. The molecule has 1 heterocycles. The van der Waals surface area contributed by atoms with E-state index in [9.17, 15) is 0 Å². The number of ether oxygens (including phenoxy) is 2. The lowest BCUT2D eigenvalue weighted by atomic mass is 10.1. The molecule has 2 N–H and O–H groups in total. The number of benzene rings is 1. The van der Waals surface area contributed by atoms with E-state index in [4.69, 9.17) is 9.47 Å². The number of guanidine groups is 1. The number of methoxy groups -OCH3 is 1. The Morgan fingerprint density at radius 1 is 1.22 bits per heavy atom. The second kappa shape index (κ2) is 13.2. The third-order valence-corrected chi connectivity index (χ3v) is 3.88. The van der Waals surface area contributed by atoms with Crippen LogP contribution < -0.4 is 20.1 Å². The first kappa shape index (κ1) is 23.1. The summed E-state index contributed by atoms with van der Waals surface area (Å²) < 4.78 is 12.8. The van der Waals surface area contributed by atoms with Crippen LogP contribution in [0.4, 0.5) is 0 Å². The van der Waals surface area contributed by atoms with Gasteiger partial charge in [0.15, 0.2) is 17.5 Å². The molecule has 150 valence electrons. The molecule has 0 unspecified atom stereocenters. The molecular formula is C19H30IN5O2. The molecule has 2 rings (SSSR count). The molecule has 27 heavy (non-hydrogen) atoms. The molecule has 0 radical (unpaired) electrons. The van der Waals surface area contributed by atoms with Gasteiger partial charge in [-0.3, -0.25) is 9.67 Å². The fraction of sp³-hybridized carbons (Fsp3) is 0.474. The Morgan fingerprint density at radius 3 is 2.70 bits per heavy atom. The Labute approximate surface area is 178 Å². The number of aromatic nitrogens is 2. The maximum Gasteiger partial charge on any atom is 0.191 e. The first-order valence-corrected chi connectivity index (χ1v) is 8.98. The zero-order chi connectivity index (χ0) is 18.6. The SMILES string of the molecule is CCOc1cc(CCCNC(=NC)NCCn2cccn2)ccc1OC.I. The summed E-state index contributed by atoms with van der Waals surface area (Å²) in [4.78, 5) is 4.24. The van der Waals surface area contributed by atoms with Crippen molar-refractivity contribution in [1.29, 1.82) is 0 Å². The molecular weight excluding hydrogens is 457 g/mol. The second-order valence-corrected chi connectivity index (χ2v) is 5.72. The summed E-state index contributed by atoms with van der Waals surface area (Å²) in [6.07, 6.45) is 5.69. The summed E-state index contributed by atoms with van der Waals surface area (Å²) in [7, 11) is 3.44. The summed E-state index contributed by atoms with van der Waals surface area (Å²) >= 11 is 0. The quantitative estimate of drug-likeness (QED) is 0.234. The Hall–Kier alpha value is -1.97. The Kier molecular flexibility index (Phi) is 11.3. The Bertz CT molecular complexity index is 677. The molecule has 2 aromatic rings. The minimum Gasteiger partial charge on any atom is -0.493 e. The molecule has 0 saturated heterocycles. The van der Waals surface area contributed by atoms with E-state index >= 15 is 0 Å². The van der Waals surface area contributed by atoms with Crippen molar-refractivity contribution in [2.45, 2.75) is 26.3 Å². The molecule has 0 saturated carbocycles. The first-order chi connectivity index (χ1) is 12.8. The van der Waals surface area contributed by atoms with Crippen molar-refractivity contribution in [3.8, 4) is 11.5 Å². The van der Waals surface area contributed by atoms with Gasteiger partial charge in [-0.15, -0.1) is 24.0 Å². The van der Waals surface area contributed by atoms with E-state index in [1.54, 1.807) is 20.4 Å². The Morgan fingerprint density at radius 2 is 2.04 bits per heavy atom. The van der Waals surface area contributed by atoms with Gasteiger partial charge in [-0.1, -0.05) is 6.07 Å². The van der Waals surface area contributed by atoms with Crippen LogP contribution in [0.5, 0.6) is 11.5 Å². The molecule has 1 aromatic heterocycles. The minimum absolute atomic E-state index is 0. The van der Waals surface area contributed by atoms with Gasteiger partial charge in [-0.2, -0.15) is 5.10 Å². The van der Waals surface area contributed by atoms with Crippen LogP contribution in [0, 0.1) is 0 Å². The average Bonchev–Trinajstić information content (AvgIpc) is 3.17. The van der Waals surface area contributed by atoms with E-state index in [-0.39, 0.29) is 24.0 Å². The van der Waals surface area contributed by atoms with Gasteiger partial charge >= 0.3 is 0 Å². The predicted octanol–water partition coefficient (Wildman–Crippen LogP) is 2.71. The highest BCUT2D eigenvalue weighted by molar-refractivity contribution is 14.0. The number of nitrogens with zero attached hydrogens (tertiary/aromatic N) is 3. The summed E-state index contributed by atoms with van der Waals surface area (Å²) in [5.74, 6) is 2.38. The van der Waals surface area contributed by atoms with Crippen molar-refractivity contribution >= 4 is 29.9 Å². The van der Waals surface area contributed by atoms with Crippen LogP contribution in [0.1, 0.15) is 18.9 Å². The molecule has 0 aliphatic heterocycles. The van der Waals surface area contributed by atoms with E-state index in [0.29, 0.717) is 6.61 Å². The number of aliphatic imine (C=N–C) groups is 1. The zero-order valence-electron chi connectivity index (χ0n) is 16.3. The normalized spacial score (nSPS) is 10.9. The fourth-order valence-corrected chi connectivity index (χ4v) is 2.59. The molecule has 0 aliphatic rings. The van der Waals surface area contributed by atoms with Crippen molar-refractivity contribution in [2.24, 2.45) is 4.99 Å². The topological polar surface area (TPSA) is 72.7 Å². The fourth-order valence-electron chi connectivity index (χ4n) is 2.59. The highest BCUT2D eigenvalue weighted by Gasteiger charge is 2.05. The van der Waals surface area contributed by atoms with Gasteiger partial charge in [0.25, 0.3) is 0 Å². The predicted molar refractivity (Wildman–Crippen MR) is 119 cm³/mol. The van der Waals surface area contributed by atoms with Crippen LogP contribution in [0.25, 0.3) is 0 Å². The van der Waals surface area contributed by atoms with Crippen molar-refractivity contribution in [1.82, 2.24) is 20.4 Å².